The molecule has 0 saturated carbocycles. The van der Waals surface area contributed by atoms with Crippen molar-refractivity contribution in [2.45, 2.75) is 0 Å². The second-order valence-electron chi connectivity index (χ2n) is 4.62. The van der Waals surface area contributed by atoms with Gasteiger partial charge in [-0.05, 0) is 35.9 Å². The van der Waals surface area contributed by atoms with Crippen molar-refractivity contribution in [1.29, 1.82) is 0 Å². The molecule has 1 aliphatic heterocycles. The minimum Gasteiger partial charge on any atom is -0.478 e. The Balaban J connectivity index is 1.90. The highest BCUT2D eigenvalue weighted by atomic mass is 35.5. The Morgan fingerprint density at radius 1 is 1.22 bits per heavy atom. The predicted molar refractivity (Wildman–Crippen MR) is 83.3 cm³/mol. The number of carboxylic acids is 1. The number of pyridine rings is 1. The molecule has 0 atom stereocenters. The summed E-state index contributed by atoms with van der Waals surface area (Å²) in [5, 5.41) is 9.31. The maximum Gasteiger partial charge on any atom is 0.363 e. The average molecular weight is 329 g/mol. The fraction of sp³-hybridized carbons (Fsp3) is 0. The van der Waals surface area contributed by atoms with Gasteiger partial charge < -0.3 is 9.84 Å². The SMILES string of the molecule is O=C1OC(c2cc(Cl)ccn2)=N/C1=C\c1ccc(C(=O)O)cc1. The summed E-state index contributed by atoms with van der Waals surface area (Å²) < 4.78 is 5.08. The lowest BCUT2D eigenvalue weighted by Crippen LogP contribution is -2.07. The van der Waals surface area contributed by atoms with E-state index in [-0.39, 0.29) is 17.2 Å². The van der Waals surface area contributed by atoms with Crippen LogP contribution in [-0.2, 0) is 9.53 Å². The summed E-state index contributed by atoms with van der Waals surface area (Å²) in [6, 6.07) is 9.18. The molecule has 23 heavy (non-hydrogen) atoms. The van der Waals surface area contributed by atoms with Gasteiger partial charge in [-0.3, -0.25) is 4.98 Å². The minimum atomic E-state index is -1.02. The highest BCUT2D eigenvalue weighted by Gasteiger charge is 2.25. The van der Waals surface area contributed by atoms with Crippen molar-refractivity contribution in [2.75, 3.05) is 0 Å². The summed E-state index contributed by atoms with van der Waals surface area (Å²) in [4.78, 5) is 30.8. The third-order valence-electron chi connectivity index (χ3n) is 3.02. The van der Waals surface area contributed by atoms with E-state index in [2.05, 4.69) is 9.98 Å². The maximum absolute atomic E-state index is 11.9. The molecule has 7 heteroatoms. The number of rotatable bonds is 3. The van der Waals surface area contributed by atoms with Crippen molar-refractivity contribution in [1.82, 2.24) is 4.98 Å². The van der Waals surface area contributed by atoms with Crippen LogP contribution < -0.4 is 0 Å². The first-order valence-corrected chi connectivity index (χ1v) is 6.88. The van der Waals surface area contributed by atoms with Crippen LogP contribution in [0.3, 0.4) is 0 Å². The molecule has 3 rings (SSSR count). The molecule has 0 radical (unpaired) electrons. The van der Waals surface area contributed by atoms with Crippen molar-refractivity contribution >= 4 is 35.5 Å². The highest BCUT2D eigenvalue weighted by molar-refractivity contribution is 6.31. The second-order valence-corrected chi connectivity index (χ2v) is 5.06. The molecule has 1 N–H and O–H groups in total. The first kappa shape index (κ1) is 14.9. The normalized spacial score (nSPS) is 15.4. The number of aliphatic imine (C=N–C) groups is 1. The summed E-state index contributed by atoms with van der Waals surface area (Å²) in [7, 11) is 0. The Kier molecular flexibility index (Phi) is 3.91. The maximum atomic E-state index is 11.9. The zero-order valence-electron chi connectivity index (χ0n) is 11.6. The number of hydrogen-bond donors (Lipinski definition) is 1. The third-order valence-corrected chi connectivity index (χ3v) is 3.26. The molecule has 1 aromatic carbocycles. The first-order chi connectivity index (χ1) is 11.0. The van der Waals surface area contributed by atoms with Crippen molar-refractivity contribution < 1.29 is 19.4 Å². The third kappa shape index (κ3) is 3.27. The summed E-state index contributed by atoms with van der Waals surface area (Å²) in [6.07, 6.45) is 2.99. The summed E-state index contributed by atoms with van der Waals surface area (Å²) in [5.74, 6) is -1.55. The summed E-state index contributed by atoms with van der Waals surface area (Å²) >= 11 is 5.87. The van der Waals surface area contributed by atoms with E-state index in [0.29, 0.717) is 16.3 Å². The zero-order valence-corrected chi connectivity index (χ0v) is 12.3. The number of esters is 1. The van der Waals surface area contributed by atoms with Gasteiger partial charge in [-0.1, -0.05) is 23.7 Å². The molecule has 0 unspecified atom stereocenters. The van der Waals surface area contributed by atoms with Crippen LogP contribution in [-0.4, -0.2) is 27.9 Å². The molecule has 0 bridgehead atoms. The quantitative estimate of drug-likeness (QED) is 0.691. The van der Waals surface area contributed by atoms with E-state index in [1.165, 1.54) is 30.5 Å². The van der Waals surface area contributed by atoms with E-state index in [9.17, 15) is 9.59 Å². The van der Waals surface area contributed by atoms with E-state index in [1.54, 1.807) is 18.2 Å². The molecule has 6 nitrogen and oxygen atoms in total. The number of benzene rings is 1. The Bertz CT molecular complexity index is 857. The topological polar surface area (TPSA) is 88.9 Å². The number of carboxylic acid groups (broad SMARTS) is 1. The minimum absolute atomic E-state index is 0.0749. The van der Waals surface area contributed by atoms with Crippen LogP contribution in [0.5, 0.6) is 0 Å². The monoisotopic (exact) mass is 328 g/mol. The molecule has 2 aromatic rings. The van der Waals surface area contributed by atoms with Crippen LogP contribution in [0.15, 0.2) is 53.3 Å². The van der Waals surface area contributed by atoms with Crippen molar-refractivity contribution in [2.24, 2.45) is 4.99 Å². The zero-order chi connectivity index (χ0) is 16.4. The van der Waals surface area contributed by atoms with Crippen molar-refractivity contribution in [3.63, 3.8) is 0 Å². The molecule has 0 amide bonds. The van der Waals surface area contributed by atoms with Gasteiger partial charge >= 0.3 is 11.9 Å². The number of cyclic esters (lactones) is 1. The fourth-order valence-electron chi connectivity index (χ4n) is 1.92. The molecule has 1 aromatic heterocycles. The van der Waals surface area contributed by atoms with Gasteiger partial charge in [0.15, 0.2) is 5.70 Å². The molecule has 0 spiro atoms. The van der Waals surface area contributed by atoms with Gasteiger partial charge in [0, 0.05) is 11.2 Å². The Morgan fingerprint density at radius 2 is 1.96 bits per heavy atom. The number of carbonyl (C=O) groups is 2. The van der Waals surface area contributed by atoms with Gasteiger partial charge in [0.25, 0.3) is 0 Å². The van der Waals surface area contributed by atoms with Crippen LogP contribution in [0.2, 0.25) is 5.02 Å². The van der Waals surface area contributed by atoms with Crippen molar-refractivity contribution in [3.8, 4) is 0 Å². The lowest BCUT2D eigenvalue weighted by Gasteiger charge is -1.98. The van der Waals surface area contributed by atoms with E-state index in [0.717, 1.165) is 0 Å². The van der Waals surface area contributed by atoms with Crippen LogP contribution >= 0.6 is 11.6 Å². The number of ether oxygens (including phenoxy) is 1. The lowest BCUT2D eigenvalue weighted by atomic mass is 10.1. The number of aromatic nitrogens is 1. The summed E-state index contributed by atoms with van der Waals surface area (Å²) in [6.45, 7) is 0. The molecule has 1 aliphatic rings. The molecule has 2 heterocycles. The summed E-state index contributed by atoms with van der Waals surface area (Å²) in [5.41, 5.74) is 1.25. The number of nitrogens with zero attached hydrogens (tertiary/aromatic N) is 2. The number of carbonyl (C=O) groups excluding carboxylic acids is 1. The van der Waals surface area contributed by atoms with Gasteiger partial charge in [0.05, 0.1) is 5.56 Å². The molecular formula is C16H9ClN2O4. The van der Waals surface area contributed by atoms with Crippen LogP contribution in [0.4, 0.5) is 0 Å². The number of hydrogen-bond acceptors (Lipinski definition) is 5. The lowest BCUT2D eigenvalue weighted by molar-refractivity contribution is -0.129. The molecule has 0 fully saturated rings. The largest absolute Gasteiger partial charge is 0.478 e. The standard InChI is InChI=1S/C16H9ClN2O4/c17-11-5-6-18-12(8-11)14-19-13(16(22)23-14)7-9-1-3-10(4-2-9)15(20)21/h1-8H,(H,20,21)/b13-7-. The number of halogens is 1. The molecule has 0 saturated heterocycles. The van der Waals surface area contributed by atoms with Crippen LogP contribution in [0.1, 0.15) is 21.6 Å². The molecule has 0 aliphatic carbocycles. The Morgan fingerprint density at radius 3 is 2.61 bits per heavy atom. The highest BCUT2D eigenvalue weighted by Crippen LogP contribution is 2.20. The molecule has 114 valence electrons. The van der Waals surface area contributed by atoms with Gasteiger partial charge in [0.2, 0.25) is 5.90 Å². The average Bonchev–Trinajstić information content (AvgIpc) is 2.89. The fourth-order valence-corrected chi connectivity index (χ4v) is 2.08. The molecular weight excluding hydrogens is 320 g/mol. The van der Waals surface area contributed by atoms with Crippen LogP contribution in [0, 0.1) is 0 Å². The van der Waals surface area contributed by atoms with Crippen LogP contribution in [0.25, 0.3) is 6.08 Å². The number of aromatic carboxylic acids is 1. The van der Waals surface area contributed by atoms with E-state index < -0.39 is 11.9 Å². The van der Waals surface area contributed by atoms with E-state index in [1.807, 2.05) is 0 Å². The van der Waals surface area contributed by atoms with Gasteiger partial charge in [-0.25, -0.2) is 14.6 Å². The smallest absolute Gasteiger partial charge is 0.363 e. The van der Waals surface area contributed by atoms with Gasteiger partial charge in [-0.2, -0.15) is 0 Å². The van der Waals surface area contributed by atoms with Crippen molar-refractivity contribution in [3.05, 3.63) is 70.1 Å². The predicted octanol–water partition coefficient (Wildman–Crippen LogP) is 2.78. The van der Waals surface area contributed by atoms with E-state index in [4.69, 9.17) is 21.4 Å². The second kappa shape index (κ2) is 6.02. The Hall–Kier alpha value is -2.99. The first-order valence-electron chi connectivity index (χ1n) is 6.51. The Labute approximate surface area is 135 Å². The van der Waals surface area contributed by atoms with E-state index >= 15 is 0 Å². The van der Waals surface area contributed by atoms with Gasteiger partial charge in [0.1, 0.15) is 5.69 Å². The van der Waals surface area contributed by atoms with Gasteiger partial charge in [-0.15, -0.1) is 0 Å².